The smallest absolute Gasteiger partial charge is 0.872 e. The zero-order chi connectivity index (χ0) is 6.85. The standard InChI is InChI=1S/C7H7ClO.Na/c1-5-4-6(9)2-3-7(5)8;/h2-4,9H,1H3;/q;+1/p-1. The maximum atomic E-state index is 10.6. The molecule has 0 saturated heterocycles. The van der Waals surface area contributed by atoms with Gasteiger partial charge in [-0.2, -0.15) is 0 Å². The van der Waals surface area contributed by atoms with Gasteiger partial charge in [0, 0.05) is 5.02 Å². The van der Waals surface area contributed by atoms with Crippen molar-refractivity contribution in [2.45, 2.75) is 6.92 Å². The minimum atomic E-state index is 0. The van der Waals surface area contributed by atoms with E-state index in [1.54, 1.807) is 6.07 Å². The molecule has 0 saturated carbocycles. The van der Waals surface area contributed by atoms with Crippen molar-refractivity contribution >= 4 is 11.6 Å². The Balaban J connectivity index is 0.000000810. The van der Waals surface area contributed by atoms with E-state index in [2.05, 4.69) is 0 Å². The summed E-state index contributed by atoms with van der Waals surface area (Å²) >= 11 is 5.64. The average Bonchev–Trinajstić information content (AvgIpc) is 1.80. The van der Waals surface area contributed by atoms with Crippen molar-refractivity contribution in [3.8, 4) is 5.75 Å². The van der Waals surface area contributed by atoms with Crippen LogP contribution in [-0.2, 0) is 0 Å². The van der Waals surface area contributed by atoms with Gasteiger partial charge in [0.15, 0.2) is 0 Å². The Bertz CT molecular complexity index is 225. The molecule has 0 spiro atoms. The van der Waals surface area contributed by atoms with E-state index in [-0.39, 0.29) is 35.3 Å². The molecule has 0 bridgehead atoms. The zero-order valence-corrected chi connectivity index (χ0v) is 8.77. The van der Waals surface area contributed by atoms with Crippen molar-refractivity contribution in [1.29, 1.82) is 0 Å². The van der Waals surface area contributed by atoms with E-state index in [1.165, 1.54) is 12.1 Å². The van der Waals surface area contributed by atoms with Gasteiger partial charge in [-0.25, -0.2) is 0 Å². The maximum Gasteiger partial charge on any atom is 1.00 e. The molecule has 1 aromatic carbocycles. The van der Waals surface area contributed by atoms with Crippen molar-refractivity contribution < 1.29 is 34.7 Å². The van der Waals surface area contributed by atoms with Gasteiger partial charge in [-0.3, -0.25) is 0 Å². The third-order valence-corrected chi connectivity index (χ3v) is 1.55. The van der Waals surface area contributed by atoms with Gasteiger partial charge < -0.3 is 5.11 Å². The molecule has 0 atom stereocenters. The first-order chi connectivity index (χ1) is 4.20. The molecule has 0 radical (unpaired) electrons. The summed E-state index contributed by atoms with van der Waals surface area (Å²) < 4.78 is 0. The molecule has 0 aliphatic carbocycles. The van der Waals surface area contributed by atoms with Gasteiger partial charge in [0.25, 0.3) is 0 Å². The van der Waals surface area contributed by atoms with E-state index < -0.39 is 0 Å². The number of benzene rings is 1. The number of rotatable bonds is 0. The van der Waals surface area contributed by atoms with Crippen LogP contribution in [0.4, 0.5) is 0 Å². The van der Waals surface area contributed by atoms with Gasteiger partial charge in [-0.1, -0.05) is 23.7 Å². The number of halogens is 1. The van der Waals surface area contributed by atoms with Gasteiger partial charge in [0.05, 0.1) is 0 Å². The van der Waals surface area contributed by atoms with E-state index in [9.17, 15) is 5.11 Å². The van der Waals surface area contributed by atoms with Crippen molar-refractivity contribution in [3.05, 3.63) is 28.8 Å². The van der Waals surface area contributed by atoms with Crippen LogP contribution in [0, 0.1) is 6.92 Å². The zero-order valence-electron chi connectivity index (χ0n) is 6.02. The summed E-state index contributed by atoms with van der Waals surface area (Å²) in [5, 5.41) is 11.2. The van der Waals surface area contributed by atoms with Gasteiger partial charge in [-0.05, 0) is 18.6 Å². The molecular formula is C7H6ClNaO. The van der Waals surface area contributed by atoms with E-state index in [4.69, 9.17) is 11.6 Å². The fourth-order valence-corrected chi connectivity index (χ4v) is 0.735. The molecule has 0 heterocycles. The summed E-state index contributed by atoms with van der Waals surface area (Å²) in [6.45, 7) is 1.81. The van der Waals surface area contributed by atoms with Crippen molar-refractivity contribution in [2.24, 2.45) is 0 Å². The second kappa shape index (κ2) is 4.24. The van der Waals surface area contributed by atoms with E-state index in [1.807, 2.05) is 6.92 Å². The summed E-state index contributed by atoms with van der Waals surface area (Å²) in [7, 11) is 0. The molecule has 3 heteroatoms. The second-order valence-corrected chi connectivity index (χ2v) is 2.32. The molecule has 0 fully saturated rings. The molecule has 48 valence electrons. The third-order valence-electron chi connectivity index (χ3n) is 1.13. The minimum absolute atomic E-state index is 0. The fourth-order valence-electron chi connectivity index (χ4n) is 0.617. The summed E-state index contributed by atoms with van der Waals surface area (Å²) in [4.78, 5) is 0. The van der Waals surface area contributed by atoms with Gasteiger partial charge in [0.2, 0.25) is 0 Å². The summed E-state index contributed by atoms with van der Waals surface area (Å²) in [6.07, 6.45) is 0. The average molecular weight is 165 g/mol. The van der Waals surface area contributed by atoms with Crippen molar-refractivity contribution in [1.82, 2.24) is 0 Å². The molecule has 0 aliphatic heterocycles. The molecule has 0 aromatic heterocycles. The van der Waals surface area contributed by atoms with Crippen molar-refractivity contribution in [3.63, 3.8) is 0 Å². The Hall–Kier alpha value is 0.310. The molecule has 10 heavy (non-hydrogen) atoms. The van der Waals surface area contributed by atoms with Gasteiger partial charge >= 0.3 is 29.6 Å². The second-order valence-electron chi connectivity index (χ2n) is 1.91. The van der Waals surface area contributed by atoms with E-state index in [0.717, 1.165) is 5.56 Å². The largest absolute Gasteiger partial charge is 1.00 e. The quantitative estimate of drug-likeness (QED) is 0.439. The number of hydrogen-bond acceptors (Lipinski definition) is 1. The van der Waals surface area contributed by atoms with Crippen LogP contribution in [0.5, 0.6) is 5.75 Å². The predicted molar refractivity (Wildman–Crippen MR) is 35.6 cm³/mol. The van der Waals surface area contributed by atoms with Crippen LogP contribution in [0.2, 0.25) is 5.02 Å². The predicted octanol–water partition coefficient (Wildman–Crippen LogP) is -1.27. The first-order valence-electron chi connectivity index (χ1n) is 2.63. The number of hydrogen-bond donors (Lipinski definition) is 0. The Kier molecular flexibility index (Phi) is 4.37. The number of aryl methyl sites for hydroxylation is 1. The van der Waals surface area contributed by atoms with Crippen LogP contribution in [0.15, 0.2) is 18.2 Å². The molecule has 0 unspecified atom stereocenters. The van der Waals surface area contributed by atoms with Crippen LogP contribution < -0.4 is 34.7 Å². The Morgan fingerprint density at radius 1 is 1.40 bits per heavy atom. The van der Waals surface area contributed by atoms with E-state index in [0.29, 0.717) is 5.02 Å². The molecule has 1 nitrogen and oxygen atoms in total. The summed E-state index contributed by atoms with van der Waals surface area (Å²) in [5.41, 5.74) is 0.837. The van der Waals surface area contributed by atoms with Crippen molar-refractivity contribution in [2.75, 3.05) is 0 Å². The van der Waals surface area contributed by atoms with Crippen LogP contribution in [0.1, 0.15) is 5.56 Å². The molecule has 1 aromatic rings. The summed E-state index contributed by atoms with van der Waals surface area (Å²) in [6, 6.07) is 4.58. The molecule has 0 N–H and O–H groups in total. The normalized spacial score (nSPS) is 8.60. The topological polar surface area (TPSA) is 23.1 Å². The SMILES string of the molecule is Cc1cc([O-])ccc1Cl.[Na+]. The molecular weight excluding hydrogens is 159 g/mol. The first-order valence-corrected chi connectivity index (χ1v) is 3.01. The van der Waals surface area contributed by atoms with Gasteiger partial charge in [-0.15, -0.1) is 5.75 Å². The fraction of sp³-hybridized carbons (Fsp3) is 0.143. The monoisotopic (exact) mass is 164 g/mol. The molecule has 0 aliphatic rings. The molecule has 0 amide bonds. The molecule has 1 rings (SSSR count). The van der Waals surface area contributed by atoms with Gasteiger partial charge in [0.1, 0.15) is 0 Å². The van der Waals surface area contributed by atoms with Crippen LogP contribution in [-0.4, -0.2) is 0 Å². The van der Waals surface area contributed by atoms with Crippen LogP contribution >= 0.6 is 11.6 Å². The van der Waals surface area contributed by atoms with Crippen LogP contribution in [0.25, 0.3) is 0 Å². The Morgan fingerprint density at radius 2 is 2.00 bits per heavy atom. The third kappa shape index (κ3) is 2.51. The summed E-state index contributed by atoms with van der Waals surface area (Å²) in [5.74, 6) is 0.0110. The minimum Gasteiger partial charge on any atom is -0.872 e. The Morgan fingerprint density at radius 3 is 2.40 bits per heavy atom. The Labute approximate surface area is 87.3 Å². The van der Waals surface area contributed by atoms with Crippen LogP contribution in [0.3, 0.4) is 0 Å². The first kappa shape index (κ1) is 10.3. The maximum absolute atomic E-state index is 10.6. The van der Waals surface area contributed by atoms with E-state index >= 15 is 0 Å².